The number of halogens is 1. The molecule has 0 spiro atoms. The third-order valence-corrected chi connectivity index (χ3v) is 5.28. The van der Waals surface area contributed by atoms with Crippen molar-refractivity contribution in [3.8, 4) is 0 Å². The van der Waals surface area contributed by atoms with E-state index in [1.807, 2.05) is 0 Å². The van der Waals surface area contributed by atoms with E-state index in [2.05, 4.69) is 39.6 Å². The number of aliphatic hydroxyl groups excluding tert-OH is 1. The monoisotopic (exact) mass is 387 g/mol. The highest BCUT2D eigenvalue weighted by Gasteiger charge is 2.38. The van der Waals surface area contributed by atoms with E-state index in [4.69, 9.17) is 5.11 Å². The van der Waals surface area contributed by atoms with Gasteiger partial charge in [-0.25, -0.2) is 9.18 Å². The van der Waals surface area contributed by atoms with Crippen LogP contribution in [0.15, 0.2) is 53.8 Å². The molecule has 0 aliphatic heterocycles. The fourth-order valence-electron chi connectivity index (χ4n) is 3.23. The van der Waals surface area contributed by atoms with E-state index in [0.29, 0.717) is 0 Å². The zero-order valence-corrected chi connectivity index (χ0v) is 16.6. The van der Waals surface area contributed by atoms with E-state index in [-0.39, 0.29) is 22.3 Å². The Hall–Kier alpha value is -2.89. The SMILES string of the molecule is C=C1/C(=C\C(O)=C\C(=O)Nc2ccc(C(=O)O)c(F)c2)C(C)(C)CCC1(C)C. The smallest absolute Gasteiger partial charge is 0.338 e. The van der Waals surface area contributed by atoms with Crippen LogP contribution >= 0.6 is 0 Å². The fourth-order valence-corrected chi connectivity index (χ4v) is 3.23. The van der Waals surface area contributed by atoms with E-state index in [1.54, 1.807) is 6.08 Å². The Morgan fingerprint density at radius 3 is 2.32 bits per heavy atom. The molecule has 0 radical (unpaired) electrons. The predicted molar refractivity (Wildman–Crippen MR) is 107 cm³/mol. The van der Waals surface area contributed by atoms with Gasteiger partial charge in [0.25, 0.3) is 5.91 Å². The summed E-state index contributed by atoms with van der Waals surface area (Å²) in [5.41, 5.74) is 1.15. The first-order valence-corrected chi connectivity index (χ1v) is 9.00. The van der Waals surface area contributed by atoms with Gasteiger partial charge in [0.15, 0.2) is 0 Å². The van der Waals surface area contributed by atoms with Gasteiger partial charge in [0.05, 0.1) is 5.56 Å². The Morgan fingerprint density at radius 2 is 1.75 bits per heavy atom. The second-order valence-corrected chi connectivity index (χ2v) is 8.36. The molecule has 0 aromatic heterocycles. The molecule has 3 N–H and O–H groups in total. The van der Waals surface area contributed by atoms with Crippen molar-refractivity contribution in [2.24, 2.45) is 10.8 Å². The number of allylic oxidation sites excluding steroid dienone is 3. The minimum Gasteiger partial charge on any atom is -0.508 e. The summed E-state index contributed by atoms with van der Waals surface area (Å²) in [6, 6.07) is 3.26. The summed E-state index contributed by atoms with van der Waals surface area (Å²) in [5.74, 6) is -3.24. The summed E-state index contributed by atoms with van der Waals surface area (Å²) in [6.07, 6.45) is 4.47. The number of nitrogens with one attached hydrogen (secondary N) is 1. The van der Waals surface area contributed by atoms with E-state index in [0.717, 1.165) is 42.2 Å². The largest absolute Gasteiger partial charge is 0.508 e. The van der Waals surface area contributed by atoms with Crippen LogP contribution in [0, 0.1) is 16.6 Å². The van der Waals surface area contributed by atoms with Crippen molar-refractivity contribution in [1.29, 1.82) is 0 Å². The average Bonchev–Trinajstić information content (AvgIpc) is 2.56. The first kappa shape index (κ1) is 21.4. The van der Waals surface area contributed by atoms with Gasteiger partial charge in [0.2, 0.25) is 0 Å². The molecule has 1 aliphatic rings. The Bertz CT molecular complexity index is 894. The molecule has 0 atom stereocenters. The van der Waals surface area contributed by atoms with Crippen molar-refractivity contribution in [2.45, 2.75) is 40.5 Å². The Kier molecular flexibility index (Phi) is 5.83. The first-order chi connectivity index (χ1) is 12.8. The number of rotatable bonds is 4. The van der Waals surface area contributed by atoms with Gasteiger partial charge in [0, 0.05) is 11.8 Å². The Morgan fingerprint density at radius 1 is 1.14 bits per heavy atom. The van der Waals surface area contributed by atoms with Gasteiger partial charge >= 0.3 is 5.97 Å². The first-order valence-electron chi connectivity index (χ1n) is 9.00. The van der Waals surface area contributed by atoms with Gasteiger partial charge in [-0.05, 0) is 59.1 Å². The number of carboxylic acid groups (broad SMARTS) is 1. The van der Waals surface area contributed by atoms with E-state index in [1.165, 1.54) is 6.07 Å². The molecule has 1 saturated carbocycles. The second-order valence-electron chi connectivity index (χ2n) is 8.36. The van der Waals surface area contributed by atoms with Gasteiger partial charge in [0.1, 0.15) is 11.6 Å². The van der Waals surface area contributed by atoms with Gasteiger partial charge in [-0.2, -0.15) is 0 Å². The van der Waals surface area contributed by atoms with Crippen molar-refractivity contribution in [3.05, 3.63) is 65.2 Å². The van der Waals surface area contributed by atoms with Crippen LogP contribution in [0.5, 0.6) is 0 Å². The lowest BCUT2D eigenvalue weighted by Crippen LogP contribution is -2.31. The minimum absolute atomic E-state index is 0.0900. The number of anilines is 1. The quantitative estimate of drug-likeness (QED) is 0.487. The van der Waals surface area contributed by atoms with E-state index < -0.39 is 23.3 Å². The number of amides is 1. The number of carbonyl (C=O) groups excluding carboxylic acids is 1. The second kappa shape index (κ2) is 7.62. The maximum atomic E-state index is 13.7. The van der Waals surface area contributed by atoms with E-state index >= 15 is 0 Å². The highest BCUT2D eigenvalue weighted by atomic mass is 19.1. The lowest BCUT2D eigenvalue weighted by atomic mass is 9.61. The average molecular weight is 387 g/mol. The summed E-state index contributed by atoms with van der Waals surface area (Å²) in [4.78, 5) is 23.0. The van der Waals surface area contributed by atoms with Crippen molar-refractivity contribution in [1.82, 2.24) is 0 Å². The molecule has 6 heteroatoms. The molecule has 1 amide bonds. The zero-order valence-electron chi connectivity index (χ0n) is 16.6. The van der Waals surface area contributed by atoms with Crippen LogP contribution in [0.3, 0.4) is 0 Å². The van der Waals surface area contributed by atoms with Crippen LogP contribution in [-0.4, -0.2) is 22.1 Å². The molecular weight excluding hydrogens is 361 g/mol. The van der Waals surface area contributed by atoms with Crippen LogP contribution in [0.2, 0.25) is 0 Å². The summed E-state index contributed by atoms with van der Waals surface area (Å²) in [5, 5.41) is 21.5. The van der Waals surface area contributed by atoms with Crippen molar-refractivity contribution >= 4 is 17.6 Å². The van der Waals surface area contributed by atoms with Crippen LogP contribution in [0.25, 0.3) is 0 Å². The van der Waals surface area contributed by atoms with Gasteiger partial charge in [-0.3, -0.25) is 4.79 Å². The number of hydrogen-bond acceptors (Lipinski definition) is 3. The molecular formula is C22H26FNO4. The topological polar surface area (TPSA) is 86.6 Å². The third kappa shape index (κ3) is 4.68. The van der Waals surface area contributed by atoms with Crippen molar-refractivity contribution in [3.63, 3.8) is 0 Å². The number of hydrogen-bond donors (Lipinski definition) is 3. The predicted octanol–water partition coefficient (Wildman–Crippen LogP) is 5.23. The van der Waals surface area contributed by atoms with Gasteiger partial charge in [-0.15, -0.1) is 0 Å². The molecule has 1 aromatic rings. The Labute approximate surface area is 164 Å². The fraction of sp³-hybridized carbons (Fsp3) is 0.364. The molecule has 150 valence electrons. The number of aliphatic hydroxyl groups is 1. The van der Waals surface area contributed by atoms with Crippen molar-refractivity contribution < 1.29 is 24.2 Å². The summed E-state index contributed by atoms with van der Waals surface area (Å²) < 4.78 is 13.7. The van der Waals surface area contributed by atoms with Crippen LogP contribution in [0.1, 0.15) is 50.9 Å². The van der Waals surface area contributed by atoms with Crippen LogP contribution in [-0.2, 0) is 4.79 Å². The minimum atomic E-state index is -1.39. The summed E-state index contributed by atoms with van der Waals surface area (Å²) in [7, 11) is 0. The molecule has 0 heterocycles. The highest BCUT2D eigenvalue weighted by Crippen LogP contribution is 2.51. The van der Waals surface area contributed by atoms with E-state index in [9.17, 15) is 19.1 Å². The summed E-state index contributed by atoms with van der Waals surface area (Å²) in [6.45, 7) is 12.5. The molecule has 28 heavy (non-hydrogen) atoms. The molecule has 1 aliphatic carbocycles. The molecule has 2 rings (SSSR count). The molecule has 0 saturated heterocycles. The van der Waals surface area contributed by atoms with Crippen LogP contribution in [0.4, 0.5) is 10.1 Å². The van der Waals surface area contributed by atoms with Gasteiger partial charge < -0.3 is 15.5 Å². The van der Waals surface area contributed by atoms with Crippen LogP contribution < -0.4 is 5.32 Å². The normalized spacial score (nSPS) is 20.1. The standard InChI is InChI=1S/C22H26FNO4/c1-13-17(22(4,5)9-8-21(13,2)3)11-15(25)12-19(26)24-14-6-7-16(20(27)28)18(23)10-14/h6-7,10-12,25H,1,8-9H2,2-5H3,(H,24,26)(H,27,28)/b15-12-,17-11+. The zero-order chi connectivity index (χ0) is 21.3. The molecule has 1 fully saturated rings. The number of aromatic carboxylic acids is 1. The van der Waals surface area contributed by atoms with Gasteiger partial charge in [-0.1, -0.05) is 34.3 Å². The maximum Gasteiger partial charge on any atom is 0.338 e. The lowest BCUT2D eigenvalue weighted by molar-refractivity contribution is -0.112. The third-order valence-electron chi connectivity index (χ3n) is 5.28. The summed E-state index contributed by atoms with van der Waals surface area (Å²) >= 11 is 0. The molecule has 0 bridgehead atoms. The Balaban J connectivity index is 2.21. The molecule has 0 unspecified atom stereocenters. The number of benzene rings is 1. The number of carbonyl (C=O) groups is 2. The highest BCUT2D eigenvalue weighted by molar-refractivity contribution is 6.00. The molecule has 1 aromatic carbocycles. The number of carboxylic acids is 1. The van der Waals surface area contributed by atoms with Crippen molar-refractivity contribution in [2.75, 3.05) is 5.32 Å². The lowest BCUT2D eigenvalue weighted by Gasteiger charge is -2.43. The maximum absolute atomic E-state index is 13.7. The molecule has 5 nitrogen and oxygen atoms in total.